The predicted molar refractivity (Wildman–Crippen MR) is 112 cm³/mol. The Bertz CT molecular complexity index is 670. The van der Waals surface area contributed by atoms with Crippen molar-refractivity contribution in [1.29, 1.82) is 0 Å². The Kier molecular flexibility index (Phi) is 6.54. The van der Waals surface area contributed by atoms with Gasteiger partial charge in [0.2, 0.25) is 0 Å². The van der Waals surface area contributed by atoms with Gasteiger partial charge in [0.15, 0.2) is 0 Å². The number of likely N-dealkylation sites (tertiary alicyclic amines) is 2. The van der Waals surface area contributed by atoms with E-state index in [9.17, 15) is 4.79 Å². The van der Waals surface area contributed by atoms with Gasteiger partial charge in [-0.05, 0) is 77.2 Å². The van der Waals surface area contributed by atoms with Crippen molar-refractivity contribution in [2.75, 3.05) is 33.3 Å². The average molecular weight is 389 g/mol. The summed E-state index contributed by atoms with van der Waals surface area (Å²) in [4.78, 5) is 17.1. The van der Waals surface area contributed by atoms with E-state index in [-0.39, 0.29) is 12.1 Å². The van der Waals surface area contributed by atoms with Crippen molar-refractivity contribution in [1.82, 2.24) is 9.80 Å². The van der Waals surface area contributed by atoms with Crippen LogP contribution in [0.5, 0.6) is 5.75 Å². The number of hydrogen-bond donors (Lipinski definition) is 0. The van der Waals surface area contributed by atoms with Crippen LogP contribution < -0.4 is 4.74 Å². The van der Waals surface area contributed by atoms with E-state index in [4.69, 9.17) is 9.47 Å². The Labute approximate surface area is 170 Å². The summed E-state index contributed by atoms with van der Waals surface area (Å²) < 4.78 is 11.8. The van der Waals surface area contributed by atoms with Gasteiger partial charge >= 0.3 is 6.09 Å². The molecule has 156 valence electrons. The third-order valence-electron chi connectivity index (χ3n) is 5.66. The number of ether oxygens (including phenoxy) is 2. The molecule has 0 spiro atoms. The molecular formula is C23H36N2O3. The van der Waals surface area contributed by atoms with Crippen LogP contribution in [0, 0.1) is 11.8 Å². The first-order valence-electron chi connectivity index (χ1n) is 10.6. The number of amides is 1. The van der Waals surface area contributed by atoms with Gasteiger partial charge in [-0.2, -0.15) is 0 Å². The maximum absolute atomic E-state index is 12.8. The maximum atomic E-state index is 12.8. The zero-order valence-electron chi connectivity index (χ0n) is 18.1. The second-order valence-corrected chi connectivity index (χ2v) is 9.63. The molecule has 3 atom stereocenters. The highest BCUT2D eigenvalue weighted by Gasteiger charge is 2.34. The van der Waals surface area contributed by atoms with Crippen molar-refractivity contribution >= 4 is 6.09 Å². The molecule has 0 aliphatic carbocycles. The maximum Gasteiger partial charge on any atom is 0.410 e. The molecular weight excluding hydrogens is 352 g/mol. The molecule has 0 bridgehead atoms. The monoisotopic (exact) mass is 388 g/mol. The zero-order chi connectivity index (χ0) is 20.3. The average Bonchev–Trinajstić information content (AvgIpc) is 3.04. The lowest BCUT2D eigenvalue weighted by Crippen LogP contribution is -2.44. The van der Waals surface area contributed by atoms with Crippen molar-refractivity contribution in [3.05, 3.63) is 29.8 Å². The Hall–Kier alpha value is -1.75. The van der Waals surface area contributed by atoms with Crippen molar-refractivity contribution in [3.63, 3.8) is 0 Å². The highest BCUT2D eigenvalue weighted by atomic mass is 16.6. The van der Waals surface area contributed by atoms with E-state index in [1.807, 2.05) is 37.8 Å². The predicted octanol–water partition coefficient (Wildman–Crippen LogP) is 4.73. The van der Waals surface area contributed by atoms with Gasteiger partial charge < -0.3 is 19.3 Å². The largest absolute Gasteiger partial charge is 0.493 e. The second-order valence-electron chi connectivity index (χ2n) is 9.63. The molecule has 1 amide bonds. The summed E-state index contributed by atoms with van der Waals surface area (Å²) in [6.07, 6.45) is 3.05. The minimum Gasteiger partial charge on any atom is -0.493 e. The Morgan fingerprint density at radius 2 is 1.96 bits per heavy atom. The molecule has 5 heteroatoms. The van der Waals surface area contributed by atoms with Crippen molar-refractivity contribution in [3.8, 4) is 5.75 Å². The first-order chi connectivity index (χ1) is 13.2. The fourth-order valence-electron chi connectivity index (χ4n) is 4.21. The molecule has 2 aliphatic rings. The molecule has 28 heavy (non-hydrogen) atoms. The van der Waals surface area contributed by atoms with E-state index in [0.29, 0.717) is 11.8 Å². The molecule has 3 rings (SSSR count). The number of carbonyl (C=O) groups excluding carboxylic acids is 1. The van der Waals surface area contributed by atoms with Crippen molar-refractivity contribution < 1.29 is 14.3 Å². The van der Waals surface area contributed by atoms with E-state index < -0.39 is 5.60 Å². The minimum absolute atomic E-state index is 0.0483. The lowest BCUT2D eigenvalue weighted by molar-refractivity contribution is 0.00360. The van der Waals surface area contributed by atoms with Gasteiger partial charge in [0.1, 0.15) is 11.4 Å². The SMILES string of the molecule is C[C@H]1CC[C@H](c2cccc(OC[C@H]3CCN(C)C3)c2)N(C(=O)OC(C)(C)C)C1. The van der Waals surface area contributed by atoms with E-state index in [1.54, 1.807) is 0 Å². The topological polar surface area (TPSA) is 42.0 Å². The Morgan fingerprint density at radius 1 is 1.18 bits per heavy atom. The van der Waals surface area contributed by atoms with Crippen LogP contribution >= 0.6 is 0 Å². The lowest BCUT2D eigenvalue weighted by atomic mass is 9.90. The molecule has 0 radical (unpaired) electrons. The molecule has 2 fully saturated rings. The number of rotatable bonds is 4. The van der Waals surface area contributed by atoms with Gasteiger partial charge in [0, 0.05) is 19.0 Å². The van der Waals surface area contributed by atoms with Gasteiger partial charge in [-0.15, -0.1) is 0 Å². The summed E-state index contributed by atoms with van der Waals surface area (Å²) in [7, 11) is 2.16. The molecule has 2 saturated heterocycles. The van der Waals surface area contributed by atoms with Crippen molar-refractivity contribution in [2.45, 2.75) is 58.6 Å². The third kappa shape index (κ3) is 5.63. The molecule has 0 N–H and O–H groups in total. The van der Waals surface area contributed by atoms with Crippen LogP contribution in [0.4, 0.5) is 4.79 Å². The summed E-state index contributed by atoms with van der Waals surface area (Å²) in [6, 6.07) is 8.32. The first kappa shape index (κ1) is 21.0. The quantitative estimate of drug-likeness (QED) is 0.748. The lowest BCUT2D eigenvalue weighted by Gasteiger charge is -2.39. The fourth-order valence-corrected chi connectivity index (χ4v) is 4.21. The molecule has 2 aliphatic heterocycles. The van der Waals surface area contributed by atoms with Crippen LogP contribution in [0.15, 0.2) is 24.3 Å². The van der Waals surface area contributed by atoms with Crippen LogP contribution in [0.1, 0.15) is 58.6 Å². The first-order valence-corrected chi connectivity index (χ1v) is 10.6. The molecule has 1 aromatic carbocycles. The normalized spacial score (nSPS) is 26.3. The van der Waals surface area contributed by atoms with Gasteiger partial charge in [0.05, 0.1) is 12.6 Å². The van der Waals surface area contributed by atoms with E-state index in [1.165, 1.54) is 6.42 Å². The van der Waals surface area contributed by atoms with Gasteiger partial charge in [0.25, 0.3) is 0 Å². The number of nitrogens with zero attached hydrogens (tertiary/aromatic N) is 2. The van der Waals surface area contributed by atoms with Crippen LogP contribution in [-0.2, 0) is 4.74 Å². The number of hydrogen-bond acceptors (Lipinski definition) is 4. The fraction of sp³-hybridized carbons (Fsp3) is 0.696. The summed E-state index contributed by atoms with van der Waals surface area (Å²) >= 11 is 0. The van der Waals surface area contributed by atoms with Gasteiger partial charge in [-0.3, -0.25) is 0 Å². The standard InChI is InChI=1S/C23H36N2O3/c1-17-9-10-21(25(14-17)22(26)28-23(2,3)4)19-7-6-8-20(13-19)27-16-18-11-12-24(5)15-18/h6-8,13,17-18,21H,9-12,14-16H2,1-5H3/t17-,18-,21+/m0/s1. The zero-order valence-corrected chi connectivity index (χ0v) is 18.1. The summed E-state index contributed by atoms with van der Waals surface area (Å²) in [6.45, 7) is 11.7. The smallest absolute Gasteiger partial charge is 0.410 e. The van der Waals surface area contributed by atoms with Crippen LogP contribution in [0.3, 0.4) is 0 Å². The third-order valence-corrected chi connectivity index (χ3v) is 5.66. The van der Waals surface area contributed by atoms with Crippen LogP contribution in [0.25, 0.3) is 0 Å². The number of carbonyl (C=O) groups is 1. The molecule has 2 heterocycles. The number of benzene rings is 1. The highest BCUT2D eigenvalue weighted by Crippen LogP contribution is 2.35. The highest BCUT2D eigenvalue weighted by molar-refractivity contribution is 5.69. The number of piperidine rings is 1. The molecule has 1 aromatic rings. The minimum atomic E-state index is -0.484. The second kappa shape index (κ2) is 8.73. The summed E-state index contributed by atoms with van der Waals surface area (Å²) in [5, 5.41) is 0. The van der Waals surface area contributed by atoms with Gasteiger partial charge in [-0.1, -0.05) is 19.1 Å². The van der Waals surface area contributed by atoms with E-state index in [0.717, 1.165) is 50.4 Å². The van der Waals surface area contributed by atoms with Crippen LogP contribution in [0.2, 0.25) is 0 Å². The van der Waals surface area contributed by atoms with E-state index in [2.05, 4.69) is 31.0 Å². The Balaban J connectivity index is 1.69. The molecule has 5 nitrogen and oxygen atoms in total. The van der Waals surface area contributed by atoms with Crippen molar-refractivity contribution in [2.24, 2.45) is 11.8 Å². The summed E-state index contributed by atoms with van der Waals surface area (Å²) in [5.74, 6) is 1.99. The molecule has 0 saturated carbocycles. The van der Waals surface area contributed by atoms with Crippen LogP contribution in [-0.4, -0.2) is 54.8 Å². The summed E-state index contributed by atoms with van der Waals surface area (Å²) in [5.41, 5.74) is 0.653. The van der Waals surface area contributed by atoms with Gasteiger partial charge in [-0.25, -0.2) is 4.79 Å². The Morgan fingerprint density at radius 3 is 2.64 bits per heavy atom. The molecule has 0 unspecified atom stereocenters. The molecule has 0 aromatic heterocycles. The van der Waals surface area contributed by atoms with E-state index >= 15 is 0 Å².